The van der Waals surface area contributed by atoms with Gasteiger partial charge in [-0.2, -0.15) is 0 Å². The summed E-state index contributed by atoms with van der Waals surface area (Å²) in [5.74, 6) is 0.330. The first-order valence-corrected chi connectivity index (χ1v) is 10.1. The Morgan fingerprint density at radius 2 is 1.59 bits per heavy atom. The maximum atomic E-state index is 12.8. The van der Waals surface area contributed by atoms with Gasteiger partial charge in [-0.3, -0.25) is 14.2 Å². The minimum absolute atomic E-state index is 0.0158. The topological polar surface area (TPSA) is 82.3 Å². The molecule has 0 unspecified atom stereocenters. The highest BCUT2D eigenvalue weighted by atomic mass is 32.2. The van der Waals surface area contributed by atoms with Gasteiger partial charge in [-0.25, -0.2) is 13.1 Å². The molecule has 3 aromatic rings. The fraction of sp³-hybridized carbons (Fsp3) is 0.211. The summed E-state index contributed by atoms with van der Waals surface area (Å²) in [6.07, 6.45) is 0. The number of nitrogens with zero attached hydrogens (tertiary/aromatic N) is 2. The molecule has 0 fully saturated rings. The molecule has 8 heteroatoms. The number of hydrogen-bond donors (Lipinski definition) is 1. The van der Waals surface area contributed by atoms with Gasteiger partial charge in [-0.15, -0.1) is 0 Å². The molecular weight excluding hydrogens is 366 g/mol. The zero-order valence-electron chi connectivity index (χ0n) is 15.1. The monoisotopic (exact) mass is 387 g/mol. The van der Waals surface area contributed by atoms with Crippen molar-refractivity contribution in [3.8, 4) is 11.4 Å². The van der Waals surface area contributed by atoms with Crippen LogP contribution in [-0.4, -0.2) is 30.1 Å². The smallest absolute Gasteiger partial charge is 0.296 e. The van der Waals surface area contributed by atoms with E-state index in [1.54, 1.807) is 55.1 Å². The van der Waals surface area contributed by atoms with Gasteiger partial charge in [0, 0.05) is 7.05 Å². The molecule has 7 nitrogen and oxygen atoms in total. The van der Waals surface area contributed by atoms with Gasteiger partial charge in [0.05, 0.1) is 11.4 Å². The highest BCUT2D eigenvalue weighted by molar-refractivity contribution is 7.92. The van der Waals surface area contributed by atoms with Crippen molar-refractivity contribution < 1.29 is 13.2 Å². The second-order valence-corrected chi connectivity index (χ2v) is 7.86. The van der Waals surface area contributed by atoms with E-state index in [-0.39, 0.29) is 18.0 Å². The standard InChI is InChI=1S/C19H21N3O4S/c1-15-18(19(23)22(21(15)2)16-9-5-3-6-10-16)20-27(24,25)14-13-26-17-11-7-4-8-12-17/h3-12,20H,13-14H2,1-2H3. The van der Waals surface area contributed by atoms with Crippen LogP contribution in [-0.2, 0) is 17.1 Å². The minimum atomic E-state index is -3.74. The summed E-state index contributed by atoms with van der Waals surface area (Å²) in [7, 11) is -2.03. The van der Waals surface area contributed by atoms with Crippen LogP contribution in [0, 0.1) is 6.92 Å². The quantitative estimate of drug-likeness (QED) is 0.674. The second-order valence-electron chi connectivity index (χ2n) is 6.02. The van der Waals surface area contributed by atoms with Crippen LogP contribution >= 0.6 is 0 Å². The lowest BCUT2D eigenvalue weighted by Crippen LogP contribution is -2.26. The minimum Gasteiger partial charge on any atom is -0.492 e. The molecule has 27 heavy (non-hydrogen) atoms. The number of anilines is 1. The Kier molecular flexibility index (Phi) is 5.36. The Bertz CT molecular complexity index is 1070. The number of aromatic nitrogens is 2. The highest BCUT2D eigenvalue weighted by Crippen LogP contribution is 2.15. The van der Waals surface area contributed by atoms with E-state index in [9.17, 15) is 13.2 Å². The van der Waals surface area contributed by atoms with Crippen molar-refractivity contribution in [3.63, 3.8) is 0 Å². The summed E-state index contributed by atoms with van der Waals surface area (Å²) in [6, 6.07) is 18.0. The normalized spacial score (nSPS) is 11.3. The van der Waals surface area contributed by atoms with Gasteiger partial charge in [0.1, 0.15) is 23.8 Å². The lowest BCUT2D eigenvalue weighted by molar-refractivity contribution is 0.341. The van der Waals surface area contributed by atoms with Crippen LogP contribution in [0.4, 0.5) is 5.69 Å². The number of sulfonamides is 1. The zero-order valence-corrected chi connectivity index (χ0v) is 15.9. The molecule has 0 saturated heterocycles. The van der Waals surface area contributed by atoms with Gasteiger partial charge in [0.25, 0.3) is 5.56 Å². The molecule has 0 bridgehead atoms. The van der Waals surface area contributed by atoms with Crippen molar-refractivity contribution in [1.82, 2.24) is 9.36 Å². The lowest BCUT2D eigenvalue weighted by Gasteiger charge is -2.08. The first-order chi connectivity index (χ1) is 12.9. The summed E-state index contributed by atoms with van der Waals surface area (Å²) in [4.78, 5) is 12.8. The Hall–Kier alpha value is -3.00. The molecule has 0 radical (unpaired) electrons. The molecule has 2 aromatic carbocycles. The third kappa shape index (κ3) is 4.22. The van der Waals surface area contributed by atoms with E-state index in [0.717, 1.165) is 0 Å². The molecule has 1 N–H and O–H groups in total. The molecule has 142 valence electrons. The Labute approximate surface area is 157 Å². The number of ether oxygens (including phenoxy) is 1. The van der Waals surface area contributed by atoms with Gasteiger partial charge in [-0.05, 0) is 31.2 Å². The van der Waals surface area contributed by atoms with Gasteiger partial charge in [-0.1, -0.05) is 36.4 Å². The fourth-order valence-corrected chi connectivity index (χ4v) is 3.63. The summed E-state index contributed by atoms with van der Waals surface area (Å²) in [6.45, 7) is 1.68. The predicted molar refractivity (Wildman–Crippen MR) is 105 cm³/mol. The Morgan fingerprint density at radius 3 is 2.22 bits per heavy atom. The van der Waals surface area contributed by atoms with Crippen molar-refractivity contribution in [2.45, 2.75) is 6.92 Å². The SMILES string of the molecule is Cc1c(NS(=O)(=O)CCOc2ccccc2)c(=O)n(-c2ccccc2)n1C. The van der Waals surface area contributed by atoms with Crippen molar-refractivity contribution in [2.75, 3.05) is 17.1 Å². The third-order valence-corrected chi connectivity index (χ3v) is 5.40. The molecular formula is C19H21N3O4S. The lowest BCUT2D eigenvalue weighted by atomic mass is 10.3. The number of hydrogen-bond acceptors (Lipinski definition) is 4. The van der Waals surface area contributed by atoms with Gasteiger partial charge < -0.3 is 4.74 Å². The summed E-state index contributed by atoms with van der Waals surface area (Å²) in [5.41, 5.74) is 0.803. The molecule has 0 spiro atoms. The number of benzene rings is 2. The molecule has 0 saturated carbocycles. The van der Waals surface area contributed by atoms with Crippen molar-refractivity contribution >= 4 is 15.7 Å². The first-order valence-electron chi connectivity index (χ1n) is 8.41. The van der Waals surface area contributed by atoms with E-state index in [1.807, 2.05) is 24.3 Å². The zero-order chi connectivity index (χ0) is 19.4. The number of nitrogens with one attached hydrogen (secondary N) is 1. The van der Waals surface area contributed by atoms with Crippen molar-refractivity contribution in [2.24, 2.45) is 7.05 Å². The summed E-state index contributed by atoms with van der Waals surface area (Å²) >= 11 is 0. The van der Waals surface area contributed by atoms with Crippen LogP contribution in [0.5, 0.6) is 5.75 Å². The molecule has 3 rings (SSSR count). The molecule has 0 aliphatic rings. The third-order valence-electron chi connectivity index (χ3n) is 4.18. The predicted octanol–water partition coefficient (Wildman–Crippen LogP) is 2.31. The van der Waals surface area contributed by atoms with Gasteiger partial charge in [0.2, 0.25) is 10.0 Å². The summed E-state index contributed by atoms with van der Waals surface area (Å²) in [5, 5.41) is 0. The Balaban J connectivity index is 1.78. The van der Waals surface area contributed by atoms with E-state index in [1.165, 1.54) is 4.68 Å². The fourth-order valence-electron chi connectivity index (χ4n) is 2.68. The van der Waals surface area contributed by atoms with Crippen LogP contribution in [0.15, 0.2) is 65.5 Å². The molecule has 0 aliphatic heterocycles. The molecule has 1 aromatic heterocycles. The van der Waals surface area contributed by atoms with E-state index in [0.29, 0.717) is 17.1 Å². The first kappa shape index (κ1) is 18.8. The van der Waals surface area contributed by atoms with Crippen LogP contribution in [0.25, 0.3) is 5.69 Å². The average Bonchev–Trinajstić information content (AvgIpc) is 2.86. The number of rotatable bonds is 7. The van der Waals surface area contributed by atoms with E-state index in [2.05, 4.69) is 4.72 Å². The Morgan fingerprint density at radius 1 is 1.00 bits per heavy atom. The maximum absolute atomic E-state index is 12.8. The molecule has 1 heterocycles. The van der Waals surface area contributed by atoms with Crippen LogP contribution in [0.3, 0.4) is 0 Å². The average molecular weight is 387 g/mol. The molecule has 0 atom stereocenters. The summed E-state index contributed by atoms with van der Waals surface area (Å²) < 4.78 is 35.7. The van der Waals surface area contributed by atoms with E-state index < -0.39 is 15.6 Å². The highest BCUT2D eigenvalue weighted by Gasteiger charge is 2.21. The van der Waals surface area contributed by atoms with E-state index in [4.69, 9.17) is 4.74 Å². The van der Waals surface area contributed by atoms with Crippen molar-refractivity contribution in [1.29, 1.82) is 0 Å². The van der Waals surface area contributed by atoms with Crippen LogP contribution in [0.1, 0.15) is 5.69 Å². The van der Waals surface area contributed by atoms with Crippen molar-refractivity contribution in [3.05, 3.63) is 76.7 Å². The van der Waals surface area contributed by atoms with E-state index >= 15 is 0 Å². The maximum Gasteiger partial charge on any atom is 0.296 e. The molecule has 0 amide bonds. The largest absolute Gasteiger partial charge is 0.492 e. The van der Waals surface area contributed by atoms with Crippen LogP contribution in [0.2, 0.25) is 0 Å². The van der Waals surface area contributed by atoms with Crippen LogP contribution < -0.4 is 15.0 Å². The molecule has 0 aliphatic carbocycles. The number of para-hydroxylation sites is 2. The van der Waals surface area contributed by atoms with Gasteiger partial charge in [0.15, 0.2) is 0 Å². The van der Waals surface area contributed by atoms with Gasteiger partial charge >= 0.3 is 0 Å². The second kappa shape index (κ2) is 7.71.